The van der Waals surface area contributed by atoms with E-state index in [1.54, 1.807) is 0 Å². The minimum atomic E-state index is 0.824. The van der Waals surface area contributed by atoms with E-state index in [2.05, 4.69) is 22.3 Å². The molecule has 1 heterocycles. The van der Waals surface area contributed by atoms with Gasteiger partial charge in [-0.05, 0) is 31.5 Å². The third kappa shape index (κ3) is 4.06. The van der Waals surface area contributed by atoms with E-state index >= 15 is 0 Å². The molecule has 1 rings (SSSR count). The molecule has 0 radical (unpaired) electrons. The van der Waals surface area contributed by atoms with Crippen molar-refractivity contribution < 1.29 is 0 Å². The molecule has 0 aliphatic heterocycles. The Morgan fingerprint density at radius 3 is 3.00 bits per heavy atom. The molecule has 2 heteroatoms. The van der Waals surface area contributed by atoms with Crippen LogP contribution in [0.5, 0.6) is 0 Å². The highest BCUT2D eigenvalue weighted by Gasteiger charge is 1.92. The molecular weight excluding hydrogens is 172 g/mol. The van der Waals surface area contributed by atoms with Crippen LogP contribution < -0.4 is 5.32 Å². The third-order valence-corrected chi connectivity index (χ3v) is 1.95. The number of unbranched alkanes of at least 4 members (excludes halogenated alkanes) is 1. The minimum Gasteiger partial charge on any atom is -0.311 e. The first-order chi connectivity index (χ1) is 6.83. The largest absolute Gasteiger partial charge is 0.311 e. The van der Waals surface area contributed by atoms with Gasteiger partial charge in [-0.1, -0.05) is 6.07 Å². The van der Waals surface area contributed by atoms with Crippen LogP contribution in [0.25, 0.3) is 0 Å². The van der Waals surface area contributed by atoms with Crippen molar-refractivity contribution in [2.75, 3.05) is 6.54 Å². The van der Waals surface area contributed by atoms with Crippen LogP contribution in [0.4, 0.5) is 0 Å². The lowest BCUT2D eigenvalue weighted by molar-refractivity contribution is 0.649. The van der Waals surface area contributed by atoms with Crippen molar-refractivity contribution in [3.8, 4) is 12.3 Å². The van der Waals surface area contributed by atoms with Crippen molar-refractivity contribution in [1.82, 2.24) is 10.3 Å². The molecule has 0 aliphatic rings. The number of rotatable bonds is 5. The molecule has 2 nitrogen and oxygen atoms in total. The van der Waals surface area contributed by atoms with Gasteiger partial charge >= 0.3 is 0 Å². The molecule has 0 amide bonds. The predicted molar refractivity (Wildman–Crippen MR) is 58.7 cm³/mol. The van der Waals surface area contributed by atoms with Gasteiger partial charge in [0.1, 0.15) is 0 Å². The van der Waals surface area contributed by atoms with Crippen LogP contribution >= 0.6 is 0 Å². The summed E-state index contributed by atoms with van der Waals surface area (Å²) >= 11 is 0. The maximum Gasteiger partial charge on any atom is 0.0541 e. The fourth-order valence-corrected chi connectivity index (χ4v) is 1.13. The zero-order valence-corrected chi connectivity index (χ0v) is 8.59. The van der Waals surface area contributed by atoms with Crippen LogP contribution in [0.1, 0.15) is 24.1 Å². The van der Waals surface area contributed by atoms with Gasteiger partial charge in [0.05, 0.1) is 5.69 Å². The van der Waals surface area contributed by atoms with Crippen molar-refractivity contribution in [3.63, 3.8) is 0 Å². The monoisotopic (exact) mass is 188 g/mol. The summed E-state index contributed by atoms with van der Waals surface area (Å²) in [6, 6.07) is 4.12. The van der Waals surface area contributed by atoms with Gasteiger partial charge in [0.25, 0.3) is 0 Å². The Morgan fingerprint density at radius 1 is 1.50 bits per heavy atom. The van der Waals surface area contributed by atoms with Crippen molar-refractivity contribution >= 4 is 0 Å². The van der Waals surface area contributed by atoms with Gasteiger partial charge in [0.15, 0.2) is 0 Å². The Bertz CT molecular complexity index is 295. The first-order valence-electron chi connectivity index (χ1n) is 4.88. The highest BCUT2D eigenvalue weighted by atomic mass is 14.9. The van der Waals surface area contributed by atoms with E-state index in [-0.39, 0.29) is 0 Å². The number of aryl methyl sites for hydroxylation is 1. The van der Waals surface area contributed by atoms with Gasteiger partial charge < -0.3 is 5.32 Å². The normalized spacial score (nSPS) is 9.71. The number of nitrogens with one attached hydrogen (secondary N) is 1. The Hall–Kier alpha value is -1.33. The summed E-state index contributed by atoms with van der Waals surface area (Å²) in [5.74, 6) is 2.62. The van der Waals surface area contributed by atoms with Crippen LogP contribution in [-0.2, 0) is 6.54 Å². The maximum atomic E-state index is 5.15. The molecule has 0 unspecified atom stereocenters. The first-order valence-corrected chi connectivity index (χ1v) is 4.88. The summed E-state index contributed by atoms with van der Waals surface area (Å²) in [4.78, 5) is 4.29. The molecule has 0 atom stereocenters. The number of aromatic nitrogens is 1. The number of hydrogen-bond donors (Lipinski definition) is 1. The maximum absolute atomic E-state index is 5.15. The van der Waals surface area contributed by atoms with Crippen molar-refractivity contribution in [2.45, 2.75) is 26.3 Å². The summed E-state index contributed by atoms with van der Waals surface area (Å²) in [7, 11) is 0. The number of pyridine rings is 1. The van der Waals surface area contributed by atoms with Gasteiger partial charge in [0, 0.05) is 19.2 Å². The molecule has 1 N–H and O–H groups in total. The lowest BCUT2D eigenvalue weighted by Gasteiger charge is -2.02. The van der Waals surface area contributed by atoms with E-state index in [1.807, 2.05) is 19.2 Å². The Labute approximate surface area is 85.8 Å². The van der Waals surface area contributed by atoms with Crippen molar-refractivity contribution in [1.29, 1.82) is 0 Å². The average Bonchev–Trinajstić information content (AvgIpc) is 2.21. The summed E-state index contributed by atoms with van der Waals surface area (Å²) in [6.07, 6.45) is 8.91. The van der Waals surface area contributed by atoms with Gasteiger partial charge in [-0.25, -0.2) is 0 Å². The minimum absolute atomic E-state index is 0.824. The molecule has 0 aliphatic carbocycles. The van der Waals surface area contributed by atoms with E-state index in [9.17, 15) is 0 Å². The number of hydrogen-bond acceptors (Lipinski definition) is 2. The molecule has 0 saturated heterocycles. The van der Waals surface area contributed by atoms with Crippen LogP contribution in [0.2, 0.25) is 0 Å². The second-order valence-electron chi connectivity index (χ2n) is 3.31. The van der Waals surface area contributed by atoms with Gasteiger partial charge in [0.2, 0.25) is 0 Å². The van der Waals surface area contributed by atoms with E-state index in [4.69, 9.17) is 6.42 Å². The summed E-state index contributed by atoms with van der Waals surface area (Å²) < 4.78 is 0. The fraction of sp³-hybridized carbons (Fsp3) is 0.417. The SMILES string of the molecule is C#CCCCNCc1ccc(C)cn1. The molecular formula is C12H16N2. The quantitative estimate of drug-likeness (QED) is 0.564. The van der Waals surface area contributed by atoms with E-state index in [0.717, 1.165) is 31.6 Å². The number of terminal acetylenes is 1. The van der Waals surface area contributed by atoms with Crippen LogP contribution in [0, 0.1) is 19.3 Å². The van der Waals surface area contributed by atoms with Crippen molar-refractivity contribution in [3.05, 3.63) is 29.6 Å². The van der Waals surface area contributed by atoms with E-state index in [0.29, 0.717) is 0 Å². The topological polar surface area (TPSA) is 24.9 Å². The van der Waals surface area contributed by atoms with E-state index in [1.165, 1.54) is 5.56 Å². The van der Waals surface area contributed by atoms with Crippen LogP contribution in [-0.4, -0.2) is 11.5 Å². The van der Waals surface area contributed by atoms with Crippen LogP contribution in [0.3, 0.4) is 0 Å². The Kier molecular flexibility index (Phi) is 4.74. The average molecular weight is 188 g/mol. The fourth-order valence-electron chi connectivity index (χ4n) is 1.13. The molecule has 14 heavy (non-hydrogen) atoms. The molecule has 74 valence electrons. The first kappa shape index (κ1) is 10.7. The molecule has 1 aromatic rings. The lowest BCUT2D eigenvalue weighted by atomic mass is 10.2. The molecule has 1 aromatic heterocycles. The predicted octanol–water partition coefficient (Wildman–Crippen LogP) is 1.89. The van der Waals surface area contributed by atoms with E-state index < -0.39 is 0 Å². The summed E-state index contributed by atoms with van der Waals surface area (Å²) in [5, 5.41) is 3.30. The van der Waals surface area contributed by atoms with Crippen LogP contribution in [0.15, 0.2) is 18.3 Å². The Morgan fingerprint density at radius 2 is 2.36 bits per heavy atom. The zero-order chi connectivity index (χ0) is 10.2. The second-order valence-corrected chi connectivity index (χ2v) is 3.31. The molecule has 0 saturated carbocycles. The molecule has 0 spiro atoms. The summed E-state index contributed by atoms with van der Waals surface area (Å²) in [5.41, 5.74) is 2.28. The van der Waals surface area contributed by atoms with Gasteiger partial charge in [-0.2, -0.15) is 0 Å². The van der Waals surface area contributed by atoms with Gasteiger partial charge in [-0.3, -0.25) is 4.98 Å². The Balaban J connectivity index is 2.19. The summed E-state index contributed by atoms with van der Waals surface area (Å²) in [6.45, 7) is 3.82. The zero-order valence-electron chi connectivity index (χ0n) is 8.59. The number of nitrogens with zero attached hydrogens (tertiary/aromatic N) is 1. The highest BCUT2D eigenvalue weighted by molar-refractivity contribution is 5.11. The molecule has 0 fully saturated rings. The molecule has 0 bridgehead atoms. The smallest absolute Gasteiger partial charge is 0.0541 e. The third-order valence-electron chi connectivity index (χ3n) is 1.95. The highest BCUT2D eigenvalue weighted by Crippen LogP contribution is 1.97. The molecule has 0 aromatic carbocycles. The lowest BCUT2D eigenvalue weighted by Crippen LogP contribution is -2.15. The standard InChI is InChI=1S/C12H16N2/c1-3-4-5-8-13-10-12-7-6-11(2)9-14-12/h1,6-7,9,13H,4-5,8,10H2,2H3. The van der Waals surface area contributed by atoms with Gasteiger partial charge in [-0.15, -0.1) is 12.3 Å². The second kappa shape index (κ2) is 6.17. The van der Waals surface area contributed by atoms with Crippen molar-refractivity contribution in [2.24, 2.45) is 0 Å².